The third kappa shape index (κ3) is 5.98. The number of hydrogen-bond acceptors (Lipinski definition) is 0. The molecule has 0 heteroatoms. The van der Waals surface area contributed by atoms with Gasteiger partial charge in [-0.1, -0.05) is 129 Å². The van der Waals surface area contributed by atoms with Crippen LogP contribution in [0.4, 0.5) is 0 Å². The molecule has 43 heavy (non-hydrogen) atoms. The van der Waals surface area contributed by atoms with Crippen LogP contribution in [0.15, 0.2) is 126 Å². The number of fused-ring (bicyclic) bond motifs is 2. The van der Waals surface area contributed by atoms with Gasteiger partial charge in [-0.3, -0.25) is 0 Å². The van der Waals surface area contributed by atoms with Crippen LogP contribution in [-0.4, -0.2) is 0 Å². The molecule has 0 radical (unpaired) electrons. The molecule has 0 spiro atoms. The van der Waals surface area contributed by atoms with Crippen molar-refractivity contribution < 1.29 is 0 Å². The fourth-order valence-corrected chi connectivity index (χ4v) is 7.64. The second-order valence-electron chi connectivity index (χ2n) is 13.1. The van der Waals surface area contributed by atoms with E-state index in [0.717, 1.165) is 37.7 Å². The van der Waals surface area contributed by atoms with Gasteiger partial charge in [0.25, 0.3) is 0 Å². The van der Waals surface area contributed by atoms with Gasteiger partial charge in [0.05, 0.1) is 0 Å². The molecular weight excluding hydrogens is 516 g/mol. The van der Waals surface area contributed by atoms with Gasteiger partial charge in [0.1, 0.15) is 0 Å². The highest BCUT2D eigenvalue weighted by Gasteiger charge is 2.41. The predicted molar refractivity (Wildman–Crippen MR) is 186 cm³/mol. The minimum Gasteiger partial charge on any atom is -0.0955 e. The van der Waals surface area contributed by atoms with E-state index in [1.165, 1.54) is 80.5 Å². The number of allylic oxidation sites excluding steroid dienone is 8. The minimum absolute atomic E-state index is 0.301. The zero-order valence-electron chi connectivity index (χ0n) is 26.4. The minimum atomic E-state index is 0.301. The van der Waals surface area contributed by atoms with Crippen molar-refractivity contribution in [3.8, 4) is 0 Å². The van der Waals surface area contributed by atoms with E-state index in [4.69, 9.17) is 6.58 Å². The number of aryl methyl sites for hydroxylation is 4. The first-order chi connectivity index (χ1) is 20.8. The Morgan fingerprint density at radius 3 is 2.21 bits per heavy atom. The molecule has 0 heterocycles. The highest BCUT2D eigenvalue weighted by molar-refractivity contribution is 5.68. The Balaban J connectivity index is 1.23. The number of rotatable bonds is 9. The first-order valence-corrected chi connectivity index (χ1v) is 16.3. The van der Waals surface area contributed by atoms with Crippen LogP contribution >= 0.6 is 0 Å². The van der Waals surface area contributed by atoms with Gasteiger partial charge in [0.2, 0.25) is 0 Å². The highest BCUT2D eigenvalue weighted by Crippen LogP contribution is 2.55. The summed E-state index contributed by atoms with van der Waals surface area (Å²) in [5.41, 5.74) is 19.2. The van der Waals surface area contributed by atoms with Crippen LogP contribution in [0.25, 0.3) is 11.6 Å². The van der Waals surface area contributed by atoms with Crippen molar-refractivity contribution in [1.82, 2.24) is 0 Å². The monoisotopic (exact) mass is 562 g/mol. The lowest BCUT2D eigenvalue weighted by atomic mass is 9.69. The maximum Gasteiger partial charge on any atom is 0.0201 e. The molecule has 0 aromatic heterocycles. The van der Waals surface area contributed by atoms with Crippen LogP contribution in [0.3, 0.4) is 0 Å². The van der Waals surface area contributed by atoms with Crippen molar-refractivity contribution in [2.45, 2.75) is 78.1 Å². The summed E-state index contributed by atoms with van der Waals surface area (Å²) in [6, 6.07) is 25.3. The van der Waals surface area contributed by atoms with E-state index in [1.807, 2.05) is 0 Å². The Morgan fingerprint density at radius 2 is 1.53 bits per heavy atom. The molecule has 6 rings (SSSR count). The first kappa shape index (κ1) is 29.2. The molecule has 3 aliphatic rings. The van der Waals surface area contributed by atoms with Crippen molar-refractivity contribution in [2.75, 3.05) is 0 Å². The second-order valence-corrected chi connectivity index (χ2v) is 13.1. The van der Waals surface area contributed by atoms with Gasteiger partial charge in [-0.25, -0.2) is 0 Å². The lowest BCUT2D eigenvalue weighted by Crippen LogP contribution is -2.21. The zero-order valence-corrected chi connectivity index (χ0v) is 26.4. The van der Waals surface area contributed by atoms with Crippen molar-refractivity contribution in [3.63, 3.8) is 0 Å². The summed E-state index contributed by atoms with van der Waals surface area (Å²) in [5, 5.41) is 0. The Morgan fingerprint density at radius 1 is 0.860 bits per heavy atom. The van der Waals surface area contributed by atoms with Gasteiger partial charge in [-0.05, 0) is 120 Å². The van der Waals surface area contributed by atoms with E-state index in [2.05, 4.69) is 113 Å². The van der Waals surface area contributed by atoms with E-state index < -0.39 is 0 Å². The molecule has 218 valence electrons. The standard InChI is InChI=1S/C43H46/c1-7-9-29(4)41-30(5)24-40-27-39(31(6)42(40)43(41)38-23-22-36-10-8-11-37(36)26-38)25-34-16-14-32(15-17-34)12-13-33-18-20-35(21-19-33)28(2)3/h14-26,42-43H,2,4,6-13,27H2,1,3,5H3/b39-25+. The van der Waals surface area contributed by atoms with Gasteiger partial charge in [-0.2, -0.15) is 0 Å². The van der Waals surface area contributed by atoms with Crippen LogP contribution in [0.1, 0.15) is 91.3 Å². The van der Waals surface area contributed by atoms with E-state index >= 15 is 0 Å². The summed E-state index contributed by atoms with van der Waals surface area (Å²) in [4.78, 5) is 0. The molecule has 0 nitrogen and oxygen atoms in total. The number of hydrogen-bond donors (Lipinski definition) is 0. The van der Waals surface area contributed by atoms with Crippen molar-refractivity contribution in [2.24, 2.45) is 5.92 Å². The summed E-state index contributed by atoms with van der Waals surface area (Å²) in [6.07, 6.45) is 13.8. The van der Waals surface area contributed by atoms with Crippen LogP contribution in [0.2, 0.25) is 0 Å². The fraction of sp³-hybridized carbons (Fsp3) is 0.302. The first-order valence-electron chi connectivity index (χ1n) is 16.3. The van der Waals surface area contributed by atoms with Gasteiger partial charge in [-0.15, -0.1) is 0 Å². The molecule has 0 amide bonds. The van der Waals surface area contributed by atoms with Crippen molar-refractivity contribution >= 4 is 11.6 Å². The fourth-order valence-electron chi connectivity index (χ4n) is 7.64. The van der Waals surface area contributed by atoms with Gasteiger partial charge < -0.3 is 0 Å². The molecule has 1 fully saturated rings. The molecule has 0 N–H and O–H groups in total. The van der Waals surface area contributed by atoms with Crippen molar-refractivity contribution in [1.29, 1.82) is 0 Å². The third-order valence-corrected chi connectivity index (χ3v) is 9.94. The maximum absolute atomic E-state index is 4.76. The molecule has 2 unspecified atom stereocenters. The summed E-state index contributed by atoms with van der Waals surface area (Å²) >= 11 is 0. The van der Waals surface area contributed by atoms with E-state index in [0.29, 0.717) is 11.8 Å². The van der Waals surface area contributed by atoms with Crippen LogP contribution in [0.5, 0.6) is 0 Å². The molecule has 0 bridgehead atoms. The molecule has 3 aromatic carbocycles. The Bertz CT molecular complexity index is 1660. The van der Waals surface area contributed by atoms with E-state index in [-0.39, 0.29) is 0 Å². The molecule has 0 saturated heterocycles. The SMILES string of the molecule is C=C(CCC)C1=C(C)C=C2C/C(=C\c3ccc(CCc4ccc(C(=C)C)cc4)cc3)C(=C)C2C1c1ccc2c(c1)CCC2. The lowest BCUT2D eigenvalue weighted by Gasteiger charge is -2.35. The van der Waals surface area contributed by atoms with Gasteiger partial charge in [0, 0.05) is 11.8 Å². The predicted octanol–water partition coefficient (Wildman–Crippen LogP) is 11.3. The number of benzene rings is 3. The van der Waals surface area contributed by atoms with Gasteiger partial charge >= 0.3 is 0 Å². The third-order valence-electron chi connectivity index (χ3n) is 9.94. The molecular formula is C43H46. The topological polar surface area (TPSA) is 0 Å². The van der Waals surface area contributed by atoms with E-state index in [9.17, 15) is 0 Å². The molecule has 3 aromatic rings. The van der Waals surface area contributed by atoms with Crippen LogP contribution < -0.4 is 0 Å². The Labute approximate surface area is 260 Å². The second kappa shape index (κ2) is 12.4. The summed E-state index contributed by atoms with van der Waals surface area (Å²) in [5.74, 6) is 0.615. The smallest absolute Gasteiger partial charge is 0.0201 e. The normalized spacial score (nSPS) is 20.3. The average Bonchev–Trinajstić information content (AvgIpc) is 3.59. The molecule has 1 saturated carbocycles. The quantitative estimate of drug-likeness (QED) is 0.243. The Kier molecular flexibility index (Phi) is 8.40. The Hall–Kier alpha value is -3.90. The highest BCUT2D eigenvalue weighted by atomic mass is 14.4. The molecule has 0 aliphatic heterocycles. The average molecular weight is 563 g/mol. The summed E-state index contributed by atoms with van der Waals surface area (Å²) < 4.78 is 0. The summed E-state index contributed by atoms with van der Waals surface area (Å²) in [7, 11) is 0. The maximum atomic E-state index is 4.76. The summed E-state index contributed by atoms with van der Waals surface area (Å²) in [6.45, 7) is 20.0. The van der Waals surface area contributed by atoms with Crippen molar-refractivity contribution in [3.05, 3.63) is 165 Å². The lowest BCUT2D eigenvalue weighted by molar-refractivity contribution is 0.619. The van der Waals surface area contributed by atoms with Crippen LogP contribution in [-0.2, 0) is 25.7 Å². The largest absolute Gasteiger partial charge is 0.0955 e. The molecule has 2 atom stereocenters. The van der Waals surface area contributed by atoms with Crippen LogP contribution in [0, 0.1) is 5.92 Å². The molecule has 3 aliphatic carbocycles. The zero-order chi connectivity index (χ0) is 30.1. The van der Waals surface area contributed by atoms with E-state index in [1.54, 1.807) is 11.1 Å². The van der Waals surface area contributed by atoms with Gasteiger partial charge in [0.15, 0.2) is 0 Å².